The number of halogens is 1. The van der Waals surface area contributed by atoms with Gasteiger partial charge in [0.1, 0.15) is 10.0 Å². The van der Waals surface area contributed by atoms with Crippen LogP contribution in [-0.4, -0.2) is 17.4 Å². The van der Waals surface area contributed by atoms with Gasteiger partial charge in [-0.15, -0.1) is 0 Å². The average molecular weight is 297 g/mol. The Morgan fingerprint density at radius 2 is 2.32 bits per heavy atom. The minimum Gasteiger partial charge on any atom is -0.301 e. The van der Waals surface area contributed by atoms with E-state index in [1.165, 1.54) is 11.3 Å². The lowest BCUT2D eigenvalue weighted by atomic mass is 10.3. The van der Waals surface area contributed by atoms with Gasteiger partial charge < -0.3 is 4.90 Å². The Morgan fingerprint density at radius 3 is 2.84 bits per heavy atom. The zero-order chi connectivity index (χ0) is 14.0. The number of thiazole rings is 1. The summed E-state index contributed by atoms with van der Waals surface area (Å²) in [6.45, 7) is 8.21. The van der Waals surface area contributed by atoms with Gasteiger partial charge in [-0.3, -0.25) is 4.79 Å². The topological polar surface area (TPSA) is 33.2 Å². The van der Waals surface area contributed by atoms with Crippen molar-refractivity contribution < 1.29 is 4.79 Å². The van der Waals surface area contributed by atoms with E-state index in [1.54, 1.807) is 11.0 Å². The Bertz CT molecular complexity index is 532. The van der Waals surface area contributed by atoms with Crippen molar-refractivity contribution in [1.29, 1.82) is 0 Å². The Balaban J connectivity index is 2.30. The molecule has 1 amide bonds. The fourth-order valence-corrected chi connectivity index (χ4v) is 3.19. The fourth-order valence-electron chi connectivity index (χ4n) is 1.83. The lowest BCUT2D eigenvalue weighted by Crippen LogP contribution is -2.31. The summed E-state index contributed by atoms with van der Waals surface area (Å²) in [5, 5.41) is 2.00. The fraction of sp³-hybridized carbons (Fsp3) is 0.429. The van der Waals surface area contributed by atoms with Gasteiger partial charge in [-0.05, 0) is 32.3 Å². The minimum atomic E-state index is 0.171. The Hall–Kier alpha value is -1.13. The van der Waals surface area contributed by atoms with Crippen molar-refractivity contribution >= 4 is 39.4 Å². The molecule has 1 aromatic heterocycles. The molecule has 0 saturated heterocycles. The van der Waals surface area contributed by atoms with Crippen LogP contribution < -0.4 is 4.90 Å². The molecule has 0 bridgehead atoms. The van der Waals surface area contributed by atoms with Crippen LogP contribution in [0, 0.1) is 5.92 Å². The zero-order valence-corrected chi connectivity index (χ0v) is 12.7. The highest BCUT2D eigenvalue weighted by Crippen LogP contribution is 2.39. The third-order valence-corrected chi connectivity index (χ3v) is 4.62. The van der Waals surface area contributed by atoms with Crippen molar-refractivity contribution in [1.82, 2.24) is 4.98 Å². The van der Waals surface area contributed by atoms with Crippen LogP contribution in [0.25, 0.3) is 5.57 Å². The molecule has 0 radical (unpaired) electrons. The van der Waals surface area contributed by atoms with Crippen molar-refractivity contribution in [2.24, 2.45) is 5.92 Å². The number of allylic oxidation sites excluding steroid dienone is 3. The highest BCUT2D eigenvalue weighted by molar-refractivity contribution is 7.17. The molecular weight excluding hydrogens is 280 g/mol. The molecule has 1 heterocycles. The molecule has 0 aromatic carbocycles. The summed E-state index contributed by atoms with van der Waals surface area (Å²) in [5.41, 5.74) is 1.00. The molecule has 19 heavy (non-hydrogen) atoms. The van der Waals surface area contributed by atoms with Crippen molar-refractivity contribution in [3.8, 4) is 0 Å². The molecule has 102 valence electrons. The minimum absolute atomic E-state index is 0.171. The molecule has 0 N–H and O–H groups in total. The summed E-state index contributed by atoms with van der Waals surface area (Å²) < 4.78 is 0. The van der Waals surface area contributed by atoms with Crippen LogP contribution in [0.4, 0.5) is 5.00 Å². The average Bonchev–Trinajstić information content (AvgIpc) is 3.16. The van der Waals surface area contributed by atoms with Crippen LogP contribution in [0.1, 0.15) is 31.7 Å². The summed E-state index contributed by atoms with van der Waals surface area (Å²) in [6.07, 6.45) is 5.59. The maximum absolute atomic E-state index is 12.2. The van der Waals surface area contributed by atoms with Crippen LogP contribution in [0.3, 0.4) is 0 Å². The standard InChI is InChI=1S/C14H17ClN2OS/c1-4-6-9(3)12-16-11(15)14(19-12)17(5-2)13(18)10-7-8-10/h4,6,10H,1,5,7-8H2,2-3H3. The lowest BCUT2D eigenvalue weighted by Gasteiger charge is -2.18. The van der Waals surface area contributed by atoms with Gasteiger partial charge in [-0.2, -0.15) is 0 Å². The van der Waals surface area contributed by atoms with E-state index in [4.69, 9.17) is 11.6 Å². The van der Waals surface area contributed by atoms with E-state index in [-0.39, 0.29) is 11.8 Å². The van der Waals surface area contributed by atoms with E-state index in [1.807, 2.05) is 19.9 Å². The van der Waals surface area contributed by atoms with Gasteiger partial charge in [0.05, 0.1) is 0 Å². The molecule has 0 atom stereocenters. The first-order chi connectivity index (χ1) is 9.08. The normalized spacial score (nSPS) is 15.4. The van der Waals surface area contributed by atoms with Gasteiger partial charge in [0.25, 0.3) is 0 Å². The summed E-state index contributed by atoms with van der Waals surface area (Å²) in [5.74, 6) is 0.358. The highest BCUT2D eigenvalue weighted by atomic mass is 35.5. The number of carbonyl (C=O) groups excluding carboxylic acids is 1. The second-order valence-electron chi connectivity index (χ2n) is 4.56. The van der Waals surface area contributed by atoms with E-state index in [2.05, 4.69) is 11.6 Å². The third-order valence-electron chi connectivity index (χ3n) is 3.03. The highest BCUT2D eigenvalue weighted by Gasteiger charge is 2.35. The van der Waals surface area contributed by atoms with E-state index >= 15 is 0 Å². The number of carbonyl (C=O) groups is 1. The number of nitrogens with zero attached hydrogens (tertiary/aromatic N) is 2. The van der Waals surface area contributed by atoms with E-state index in [0.29, 0.717) is 11.7 Å². The first-order valence-corrected chi connectivity index (χ1v) is 7.55. The maximum atomic E-state index is 12.2. The summed E-state index contributed by atoms with van der Waals surface area (Å²) in [7, 11) is 0. The zero-order valence-electron chi connectivity index (χ0n) is 11.1. The molecular formula is C14H17ClN2OS. The summed E-state index contributed by atoms with van der Waals surface area (Å²) in [6, 6.07) is 0. The smallest absolute Gasteiger partial charge is 0.230 e. The predicted molar refractivity (Wildman–Crippen MR) is 81.7 cm³/mol. The first-order valence-electron chi connectivity index (χ1n) is 6.35. The Kier molecular flexibility index (Phi) is 4.42. The summed E-state index contributed by atoms with van der Waals surface area (Å²) in [4.78, 5) is 18.3. The van der Waals surface area contributed by atoms with Gasteiger partial charge in [-0.1, -0.05) is 41.7 Å². The third kappa shape index (κ3) is 3.07. The van der Waals surface area contributed by atoms with Crippen LogP contribution in [-0.2, 0) is 4.79 Å². The van der Waals surface area contributed by atoms with Gasteiger partial charge in [-0.25, -0.2) is 4.98 Å². The van der Waals surface area contributed by atoms with Crippen molar-refractivity contribution in [2.45, 2.75) is 26.7 Å². The van der Waals surface area contributed by atoms with Gasteiger partial charge in [0.15, 0.2) is 5.15 Å². The monoisotopic (exact) mass is 296 g/mol. The van der Waals surface area contributed by atoms with E-state index in [9.17, 15) is 4.79 Å². The molecule has 2 rings (SSSR count). The van der Waals surface area contributed by atoms with E-state index < -0.39 is 0 Å². The Morgan fingerprint density at radius 1 is 1.63 bits per heavy atom. The molecule has 1 aromatic rings. The van der Waals surface area contributed by atoms with E-state index in [0.717, 1.165) is 28.4 Å². The van der Waals surface area contributed by atoms with Gasteiger partial charge >= 0.3 is 0 Å². The molecule has 1 fully saturated rings. The van der Waals surface area contributed by atoms with Crippen LogP contribution >= 0.6 is 22.9 Å². The second kappa shape index (κ2) is 5.88. The first kappa shape index (κ1) is 14.3. The quantitative estimate of drug-likeness (QED) is 0.765. The molecule has 5 heteroatoms. The number of hydrogen-bond acceptors (Lipinski definition) is 3. The molecule has 1 saturated carbocycles. The van der Waals surface area contributed by atoms with Gasteiger partial charge in [0, 0.05) is 12.5 Å². The van der Waals surface area contributed by atoms with Gasteiger partial charge in [0.2, 0.25) is 5.91 Å². The number of aromatic nitrogens is 1. The lowest BCUT2D eigenvalue weighted by molar-refractivity contribution is -0.119. The Labute approximate surface area is 122 Å². The predicted octanol–water partition coefficient (Wildman–Crippen LogP) is 4.15. The molecule has 0 aliphatic heterocycles. The molecule has 0 spiro atoms. The van der Waals surface area contributed by atoms with Crippen molar-refractivity contribution in [3.05, 3.63) is 28.9 Å². The number of amides is 1. The molecule has 1 aliphatic rings. The van der Waals surface area contributed by atoms with Crippen molar-refractivity contribution in [3.63, 3.8) is 0 Å². The second-order valence-corrected chi connectivity index (χ2v) is 5.89. The maximum Gasteiger partial charge on any atom is 0.230 e. The largest absolute Gasteiger partial charge is 0.301 e. The number of rotatable bonds is 5. The molecule has 3 nitrogen and oxygen atoms in total. The SMILES string of the molecule is C=CC=C(C)c1nc(Cl)c(N(CC)C(=O)C2CC2)s1. The van der Waals surface area contributed by atoms with Crippen LogP contribution in [0.15, 0.2) is 18.7 Å². The molecule has 0 unspecified atom stereocenters. The molecule has 1 aliphatic carbocycles. The number of anilines is 1. The van der Waals surface area contributed by atoms with Crippen LogP contribution in [0.2, 0.25) is 5.15 Å². The van der Waals surface area contributed by atoms with Crippen LogP contribution in [0.5, 0.6) is 0 Å². The summed E-state index contributed by atoms with van der Waals surface area (Å²) >= 11 is 7.64. The van der Waals surface area contributed by atoms with Crippen molar-refractivity contribution in [2.75, 3.05) is 11.4 Å². The number of hydrogen-bond donors (Lipinski definition) is 0.